The number of hydrogen-bond donors (Lipinski definition) is 4. The fraction of sp³-hybridized carbons (Fsp3) is 0.902. The van der Waals surface area contributed by atoms with Crippen molar-refractivity contribution in [3.05, 3.63) is 24.3 Å². The van der Waals surface area contributed by atoms with Gasteiger partial charge in [-0.1, -0.05) is 244 Å². The Morgan fingerprint density at radius 3 is 1.11 bits per heavy atom. The quantitative estimate of drug-likeness (QED) is 0.0365. The summed E-state index contributed by atoms with van der Waals surface area (Å²) < 4.78 is 0. The van der Waals surface area contributed by atoms with Crippen LogP contribution in [0.2, 0.25) is 0 Å². The lowest BCUT2D eigenvalue weighted by atomic mass is 10.0. The van der Waals surface area contributed by atoms with Crippen LogP contribution in [0.1, 0.15) is 271 Å². The van der Waals surface area contributed by atoms with E-state index in [1.807, 2.05) is 0 Å². The molecule has 3 unspecified atom stereocenters. The highest BCUT2D eigenvalue weighted by molar-refractivity contribution is 5.76. The topological polar surface area (TPSA) is 89.8 Å². The summed E-state index contributed by atoms with van der Waals surface area (Å²) in [7, 11) is 0. The van der Waals surface area contributed by atoms with Crippen molar-refractivity contribution in [3.63, 3.8) is 0 Å². The minimum absolute atomic E-state index is 0.156. The molecule has 0 bridgehead atoms. The third kappa shape index (κ3) is 41.0. The lowest BCUT2D eigenvalue weighted by Crippen LogP contribution is -2.50. The van der Waals surface area contributed by atoms with Crippen LogP contribution in [-0.4, -0.2) is 46.1 Å². The summed E-state index contributed by atoms with van der Waals surface area (Å²) in [6.07, 6.45) is 57.9. The number of nitrogens with one attached hydrogen (secondary N) is 1. The number of carbonyl (C=O) groups excluding carboxylic acids is 1. The average Bonchev–Trinajstić information content (AvgIpc) is 3.20. The molecule has 0 aromatic rings. The van der Waals surface area contributed by atoms with Crippen LogP contribution in [0.5, 0.6) is 0 Å². The van der Waals surface area contributed by atoms with Gasteiger partial charge >= 0.3 is 0 Å². The maximum atomic E-state index is 12.4. The van der Waals surface area contributed by atoms with Crippen molar-refractivity contribution in [2.45, 2.75) is 289 Å². The van der Waals surface area contributed by atoms with Crippen LogP contribution >= 0.6 is 0 Å². The van der Waals surface area contributed by atoms with Gasteiger partial charge in [-0.05, 0) is 44.9 Å². The molecule has 332 valence electrons. The molecule has 0 saturated carbocycles. The van der Waals surface area contributed by atoms with E-state index in [1.54, 1.807) is 0 Å². The lowest BCUT2D eigenvalue weighted by Gasteiger charge is -2.26. The van der Waals surface area contributed by atoms with Crippen LogP contribution in [0.25, 0.3) is 0 Å². The number of allylic oxidation sites excluding steroid dienone is 4. The van der Waals surface area contributed by atoms with Crippen molar-refractivity contribution in [2.24, 2.45) is 0 Å². The van der Waals surface area contributed by atoms with Gasteiger partial charge in [-0.25, -0.2) is 0 Å². The Morgan fingerprint density at radius 2 is 0.768 bits per heavy atom. The van der Waals surface area contributed by atoms with Crippen molar-refractivity contribution in [1.82, 2.24) is 5.32 Å². The number of hydrogen-bond acceptors (Lipinski definition) is 4. The van der Waals surface area contributed by atoms with E-state index in [0.29, 0.717) is 12.8 Å². The van der Waals surface area contributed by atoms with Crippen molar-refractivity contribution in [3.8, 4) is 0 Å². The van der Waals surface area contributed by atoms with Crippen LogP contribution in [-0.2, 0) is 4.79 Å². The maximum absolute atomic E-state index is 12.4. The Hall–Kier alpha value is -1.17. The summed E-state index contributed by atoms with van der Waals surface area (Å²) in [5, 5.41) is 33.3. The zero-order chi connectivity index (χ0) is 40.8. The van der Waals surface area contributed by atoms with E-state index in [4.69, 9.17) is 0 Å². The van der Waals surface area contributed by atoms with Gasteiger partial charge in [0.15, 0.2) is 0 Å². The summed E-state index contributed by atoms with van der Waals surface area (Å²) in [6, 6.07) is -0.827. The lowest BCUT2D eigenvalue weighted by molar-refractivity contribution is -0.124. The Kier molecular flexibility index (Phi) is 45.5. The number of aliphatic hydroxyl groups excluding tert-OH is 3. The molecule has 0 spiro atoms. The van der Waals surface area contributed by atoms with Crippen LogP contribution in [0.3, 0.4) is 0 Å². The van der Waals surface area contributed by atoms with E-state index in [0.717, 1.165) is 51.4 Å². The number of amides is 1. The van der Waals surface area contributed by atoms with Crippen LogP contribution < -0.4 is 5.32 Å². The fourth-order valence-corrected chi connectivity index (χ4v) is 7.95. The van der Waals surface area contributed by atoms with E-state index >= 15 is 0 Å². The molecular formula is C51H99NO4. The molecule has 0 aliphatic heterocycles. The van der Waals surface area contributed by atoms with Gasteiger partial charge in [-0.3, -0.25) is 4.79 Å². The van der Waals surface area contributed by atoms with E-state index in [1.165, 1.54) is 193 Å². The Morgan fingerprint density at radius 1 is 0.446 bits per heavy atom. The smallest absolute Gasteiger partial charge is 0.220 e. The zero-order valence-corrected chi connectivity index (χ0v) is 37.8. The van der Waals surface area contributed by atoms with E-state index in [9.17, 15) is 20.1 Å². The second-order valence-electron chi connectivity index (χ2n) is 17.3. The first-order valence-electron chi connectivity index (χ1n) is 25.1. The molecule has 1 amide bonds. The standard InChI is InChI=1S/C51H99NO4/c1-3-5-7-9-11-13-14-15-16-17-18-19-20-21-22-23-24-25-26-27-28-29-30-31-32-33-34-35-36-38-40-42-44-46-50(55)52-48(47-53)51(56)49(54)45-43-41-39-37-12-10-8-6-4-2/h6,8,37,39,48-49,51,53-54,56H,3-5,7,9-36,38,40-47H2,1-2H3,(H,52,55)/b8-6+,39-37+. The number of carbonyl (C=O) groups is 1. The molecule has 0 aliphatic rings. The summed E-state index contributed by atoms with van der Waals surface area (Å²) in [4.78, 5) is 12.4. The third-order valence-electron chi connectivity index (χ3n) is 11.8. The van der Waals surface area contributed by atoms with Gasteiger partial charge < -0.3 is 20.6 Å². The molecule has 0 rings (SSSR count). The number of unbranched alkanes of at least 4 members (excludes halogenated alkanes) is 34. The Labute approximate surface area is 350 Å². The summed E-state index contributed by atoms with van der Waals surface area (Å²) >= 11 is 0. The molecule has 0 fully saturated rings. The molecule has 4 N–H and O–H groups in total. The monoisotopic (exact) mass is 790 g/mol. The number of aliphatic hydroxyl groups is 3. The van der Waals surface area contributed by atoms with Crippen molar-refractivity contribution < 1.29 is 20.1 Å². The summed E-state index contributed by atoms with van der Waals surface area (Å²) in [6.45, 7) is 4.05. The summed E-state index contributed by atoms with van der Waals surface area (Å²) in [5.74, 6) is -0.156. The molecule has 0 aliphatic carbocycles. The molecule has 0 aromatic heterocycles. The molecule has 5 heteroatoms. The van der Waals surface area contributed by atoms with E-state index in [-0.39, 0.29) is 12.5 Å². The zero-order valence-electron chi connectivity index (χ0n) is 37.8. The highest BCUT2D eigenvalue weighted by Gasteiger charge is 2.26. The minimum Gasteiger partial charge on any atom is -0.394 e. The van der Waals surface area contributed by atoms with Gasteiger partial charge in [-0.15, -0.1) is 0 Å². The predicted molar refractivity (Wildman–Crippen MR) is 245 cm³/mol. The first-order chi connectivity index (χ1) is 27.6. The first kappa shape index (κ1) is 54.8. The second kappa shape index (κ2) is 46.5. The Balaban J connectivity index is 3.41. The average molecular weight is 790 g/mol. The molecule has 0 radical (unpaired) electrons. The van der Waals surface area contributed by atoms with E-state index < -0.39 is 18.2 Å². The number of rotatable bonds is 46. The first-order valence-corrected chi connectivity index (χ1v) is 25.1. The molecule has 56 heavy (non-hydrogen) atoms. The molecule has 0 saturated heterocycles. The molecule has 5 nitrogen and oxygen atoms in total. The van der Waals surface area contributed by atoms with Crippen LogP contribution in [0.4, 0.5) is 0 Å². The van der Waals surface area contributed by atoms with Crippen LogP contribution in [0, 0.1) is 0 Å². The fourth-order valence-electron chi connectivity index (χ4n) is 7.95. The van der Waals surface area contributed by atoms with Crippen molar-refractivity contribution in [2.75, 3.05) is 6.61 Å². The highest BCUT2D eigenvalue weighted by Crippen LogP contribution is 2.17. The van der Waals surface area contributed by atoms with Gasteiger partial charge in [-0.2, -0.15) is 0 Å². The maximum Gasteiger partial charge on any atom is 0.220 e. The molecule has 0 heterocycles. The third-order valence-corrected chi connectivity index (χ3v) is 11.8. The van der Waals surface area contributed by atoms with Crippen molar-refractivity contribution in [1.29, 1.82) is 0 Å². The second-order valence-corrected chi connectivity index (χ2v) is 17.3. The molecule has 3 atom stereocenters. The summed E-state index contributed by atoms with van der Waals surface area (Å²) in [5.41, 5.74) is 0. The Bertz CT molecular complexity index is 829. The van der Waals surface area contributed by atoms with Gasteiger partial charge in [0.05, 0.1) is 18.8 Å². The normalized spacial score (nSPS) is 13.6. The van der Waals surface area contributed by atoms with Gasteiger partial charge in [0, 0.05) is 6.42 Å². The SMILES string of the molecule is CC/C=C/CC/C=C/CCCC(O)C(O)C(CO)NC(=O)CCCCCCCCCCCCCCCCCCCCCCCCCCCCCCCCCCC. The largest absolute Gasteiger partial charge is 0.394 e. The minimum atomic E-state index is -1.16. The van der Waals surface area contributed by atoms with Crippen LogP contribution in [0.15, 0.2) is 24.3 Å². The molecular weight excluding hydrogens is 691 g/mol. The van der Waals surface area contributed by atoms with E-state index in [2.05, 4.69) is 43.5 Å². The molecule has 0 aromatic carbocycles. The highest BCUT2D eigenvalue weighted by atomic mass is 16.3. The van der Waals surface area contributed by atoms with Gasteiger partial charge in [0.2, 0.25) is 5.91 Å². The predicted octanol–water partition coefficient (Wildman–Crippen LogP) is 14.9. The van der Waals surface area contributed by atoms with Crippen molar-refractivity contribution >= 4 is 5.91 Å². The van der Waals surface area contributed by atoms with Gasteiger partial charge in [0.25, 0.3) is 0 Å². The van der Waals surface area contributed by atoms with Gasteiger partial charge in [0.1, 0.15) is 6.10 Å².